The van der Waals surface area contributed by atoms with Crippen LogP contribution in [-0.4, -0.2) is 16.8 Å². The number of hydrogen-bond donors (Lipinski definition) is 2. The van der Waals surface area contributed by atoms with E-state index in [0.717, 1.165) is 0 Å². The summed E-state index contributed by atoms with van der Waals surface area (Å²) in [5.74, 6) is -1.18. The molecule has 0 fully saturated rings. The van der Waals surface area contributed by atoms with Gasteiger partial charge >= 0.3 is 0 Å². The summed E-state index contributed by atoms with van der Waals surface area (Å²) in [6, 6.07) is 15.3. The third-order valence-corrected chi connectivity index (χ3v) is 4.12. The molecule has 0 atom stereocenters. The Bertz CT molecular complexity index is 972. The number of carbonyl (C=O) groups excluding carboxylic acids is 2. The lowest BCUT2D eigenvalue weighted by molar-refractivity contribution is 0.0989. The van der Waals surface area contributed by atoms with E-state index in [1.165, 1.54) is 12.1 Å². The molecule has 4 N–H and O–H groups in total. The molecule has 3 aromatic rings. The predicted molar refractivity (Wildman–Crippen MR) is 97.2 cm³/mol. The van der Waals surface area contributed by atoms with Crippen molar-refractivity contribution in [2.75, 3.05) is 0 Å². The number of halogens is 1. The molecular weight excluding hydrogens is 338 g/mol. The Hall–Kier alpha value is -3.18. The predicted octanol–water partition coefficient (Wildman–Crippen LogP) is 3.27. The molecule has 0 aliphatic heterocycles. The van der Waals surface area contributed by atoms with Crippen LogP contribution in [0.3, 0.4) is 0 Å². The number of pyridine rings is 1. The first-order chi connectivity index (χ1) is 12.0. The summed E-state index contributed by atoms with van der Waals surface area (Å²) >= 11 is 6.30. The summed E-state index contributed by atoms with van der Waals surface area (Å²) in [6.07, 6.45) is 1.67. The number of benzene rings is 2. The first-order valence-corrected chi connectivity index (χ1v) is 7.80. The van der Waals surface area contributed by atoms with Crippen LogP contribution < -0.4 is 11.5 Å². The van der Waals surface area contributed by atoms with Gasteiger partial charge in [-0.3, -0.25) is 14.6 Å². The fourth-order valence-electron chi connectivity index (χ4n) is 2.56. The zero-order valence-electron chi connectivity index (χ0n) is 13.1. The largest absolute Gasteiger partial charge is 0.366 e. The van der Waals surface area contributed by atoms with Gasteiger partial charge in [0.05, 0.1) is 5.69 Å². The number of amides is 2. The van der Waals surface area contributed by atoms with Gasteiger partial charge in [0.15, 0.2) is 0 Å². The van der Waals surface area contributed by atoms with Crippen molar-refractivity contribution in [2.45, 2.75) is 0 Å². The van der Waals surface area contributed by atoms with E-state index in [2.05, 4.69) is 4.98 Å². The van der Waals surface area contributed by atoms with Crippen molar-refractivity contribution in [3.63, 3.8) is 0 Å². The van der Waals surface area contributed by atoms with Gasteiger partial charge in [-0.25, -0.2) is 0 Å². The van der Waals surface area contributed by atoms with Gasteiger partial charge in [0.25, 0.3) is 0 Å². The van der Waals surface area contributed by atoms with E-state index in [0.29, 0.717) is 33.0 Å². The molecule has 0 unspecified atom stereocenters. The second-order valence-corrected chi connectivity index (χ2v) is 5.81. The zero-order valence-corrected chi connectivity index (χ0v) is 13.8. The second kappa shape index (κ2) is 6.75. The van der Waals surface area contributed by atoms with E-state index in [-0.39, 0.29) is 5.56 Å². The second-order valence-electron chi connectivity index (χ2n) is 5.40. The van der Waals surface area contributed by atoms with E-state index in [1.807, 2.05) is 18.2 Å². The van der Waals surface area contributed by atoms with E-state index in [4.69, 9.17) is 23.1 Å². The van der Waals surface area contributed by atoms with Gasteiger partial charge in [0, 0.05) is 27.9 Å². The molecule has 0 saturated carbocycles. The molecule has 0 aliphatic carbocycles. The van der Waals surface area contributed by atoms with Crippen LogP contribution in [0.1, 0.15) is 20.7 Å². The lowest BCUT2D eigenvalue weighted by Gasteiger charge is -2.11. The summed E-state index contributed by atoms with van der Waals surface area (Å²) in [4.78, 5) is 27.5. The normalized spacial score (nSPS) is 10.4. The molecule has 0 radical (unpaired) electrons. The highest BCUT2D eigenvalue weighted by molar-refractivity contribution is 6.33. The van der Waals surface area contributed by atoms with Crippen LogP contribution in [0, 0.1) is 0 Å². The fourth-order valence-corrected chi connectivity index (χ4v) is 2.78. The van der Waals surface area contributed by atoms with Gasteiger partial charge in [-0.05, 0) is 53.6 Å². The maximum atomic E-state index is 11.8. The van der Waals surface area contributed by atoms with Crippen molar-refractivity contribution >= 4 is 23.4 Å². The quantitative estimate of drug-likeness (QED) is 0.754. The van der Waals surface area contributed by atoms with Gasteiger partial charge in [0.1, 0.15) is 0 Å². The minimum atomic E-state index is -0.597. The Morgan fingerprint density at radius 1 is 0.880 bits per heavy atom. The molecule has 2 aromatic carbocycles. The van der Waals surface area contributed by atoms with Crippen LogP contribution >= 0.6 is 11.6 Å². The number of carbonyl (C=O) groups is 2. The molecule has 5 nitrogen and oxygen atoms in total. The van der Waals surface area contributed by atoms with Crippen LogP contribution in [0.4, 0.5) is 0 Å². The number of aromatic nitrogens is 1. The lowest BCUT2D eigenvalue weighted by atomic mass is 9.94. The van der Waals surface area contributed by atoms with Crippen molar-refractivity contribution < 1.29 is 9.59 Å². The maximum absolute atomic E-state index is 11.8. The smallest absolute Gasteiger partial charge is 0.249 e. The summed E-state index contributed by atoms with van der Waals surface area (Å²) in [5, 5.41) is 0.522. The minimum absolute atomic E-state index is 0.286. The standard InChI is InChI=1S/C19H14ClN3O2/c20-16-7-5-11(9-15(16)17-3-1-2-8-23-17)14-10-12(18(21)24)4-6-13(14)19(22)25/h1-10H,(H2,21,24)(H2,22,25). The topological polar surface area (TPSA) is 99.1 Å². The molecule has 0 aliphatic rings. The third-order valence-electron chi connectivity index (χ3n) is 3.79. The molecule has 25 heavy (non-hydrogen) atoms. The Morgan fingerprint density at radius 2 is 1.68 bits per heavy atom. The number of nitrogens with two attached hydrogens (primary N) is 2. The zero-order chi connectivity index (χ0) is 18.0. The molecule has 0 saturated heterocycles. The van der Waals surface area contributed by atoms with E-state index >= 15 is 0 Å². The van der Waals surface area contributed by atoms with Gasteiger partial charge in [0.2, 0.25) is 11.8 Å². The lowest BCUT2D eigenvalue weighted by Crippen LogP contribution is -2.15. The van der Waals surface area contributed by atoms with Crippen LogP contribution in [-0.2, 0) is 0 Å². The van der Waals surface area contributed by atoms with Crippen molar-refractivity contribution in [1.82, 2.24) is 4.98 Å². The molecular formula is C19H14ClN3O2. The maximum Gasteiger partial charge on any atom is 0.249 e. The Balaban J connectivity index is 2.21. The molecule has 0 bridgehead atoms. The van der Waals surface area contributed by atoms with Crippen molar-refractivity contribution in [2.24, 2.45) is 11.5 Å². The summed E-state index contributed by atoms with van der Waals surface area (Å²) < 4.78 is 0. The van der Waals surface area contributed by atoms with Crippen LogP contribution in [0.2, 0.25) is 5.02 Å². The van der Waals surface area contributed by atoms with Gasteiger partial charge in [-0.15, -0.1) is 0 Å². The molecule has 1 aromatic heterocycles. The van der Waals surface area contributed by atoms with E-state index < -0.39 is 11.8 Å². The third kappa shape index (κ3) is 3.36. The summed E-state index contributed by atoms with van der Waals surface area (Å²) in [6.45, 7) is 0. The van der Waals surface area contributed by atoms with Crippen LogP contribution in [0.15, 0.2) is 60.8 Å². The first kappa shape index (κ1) is 16.7. The first-order valence-electron chi connectivity index (χ1n) is 7.42. The number of hydrogen-bond acceptors (Lipinski definition) is 3. The van der Waals surface area contributed by atoms with Gasteiger partial charge in [-0.2, -0.15) is 0 Å². The highest BCUT2D eigenvalue weighted by Crippen LogP contribution is 2.33. The number of primary amides is 2. The fraction of sp³-hybridized carbons (Fsp3) is 0. The van der Waals surface area contributed by atoms with Gasteiger partial charge in [-0.1, -0.05) is 23.7 Å². The van der Waals surface area contributed by atoms with Crippen molar-refractivity contribution in [3.05, 3.63) is 76.9 Å². The molecule has 2 amide bonds. The SMILES string of the molecule is NC(=O)c1ccc(C(N)=O)c(-c2ccc(Cl)c(-c3ccccn3)c2)c1. The summed E-state index contributed by atoms with van der Waals surface area (Å²) in [5.41, 5.74) is 14.0. The number of nitrogens with zero attached hydrogens (tertiary/aromatic N) is 1. The highest BCUT2D eigenvalue weighted by atomic mass is 35.5. The Morgan fingerprint density at radius 3 is 2.32 bits per heavy atom. The van der Waals surface area contributed by atoms with Crippen molar-refractivity contribution in [3.8, 4) is 22.4 Å². The molecule has 1 heterocycles. The molecule has 0 spiro atoms. The molecule has 124 valence electrons. The Kier molecular flexibility index (Phi) is 4.50. The van der Waals surface area contributed by atoms with Gasteiger partial charge < -0.3 is 11.5 Å². The van der Waals surface area contributed by atoms with Crippen LogP contribution in [0.25, 0.3) is 22.4 Å². The monoisotopic (exact) mass is 351 g/mol. The van der Waals surface area contributed by atoms with Crippen molar-refractivity contribution in [1.29, 1.82) is 0 Å². The van der Waals surface area contributed by atoms with Crippen LogP contribution in [0.5, 0.6) is 0 Å². The van der Waals surface area contributed by atoms with E-state index in [9.17, 15) is 9.59 Å². The average Bonchev–Trinajstić information content (AvgIpc) is 2.62. The number of rotatable bonds is 4. The molecule has 6 heteroatoms. The minimum Gasteiger partial charge on any atom is -0.366 e. The summed E-state index contributed by atoms with van der Waals surface area (Å²) in [7, 11) is 0. The Labute approximate surface area is 149 Å². The highest BCUT2D eigenvalue weighted by Gasteiger charge is 2.15. The molecule has 3 rings (SSSR count). The average molecular weight is 352 g/mol. The van der Waals surface area contributed by atoms with E-state index in [1.54, 1.807) is 30.5 Å².